The number of aliphatic hydroxyl groups is 1. The summed E-state index contributed by atoms with van der Waals surface area (Å²) in [6.07, 6.45) is 0. The first-order valence-corrected chi connectivity index (χ1v) is 6.16. The van der Waals surface area contributed by atoms with Gasteiger partial charge in [0, 0.05) is 29.8 Å². The number of anilines is 1. The van der Waals surface area contributed by atoms with E-state index in [0.717, 1.165) is 16.7 Å². The second-order valence-corrected chi connectivity index (χ2v) is 4.80. The minimum Gasteiger partial charge on any atom is -0.394 e. The monoisotopic (exact) mass is 286 g/mol. The average Bonchev–Trinajstić information content (AvgIpc) is 2.30. The lowest BCUT2D eigenvalue weighted by Crippen LogP contribution is -2.31. The standard InChI is InChI=1S/C12H19BrN2O/c1-9(8-16)15(3)11-5-4-10(7-14-2)12(13)6-11/h4-6,9,14,16H,7-8H2,1-3H3. The second kappa shape index (κ2) is 6.23. The van der Waals surface area contributed by atoms with Gasteiger partial charge in [0.15, 0.2) is 0 Å². The molecule has 0 aliphatic carbocycles. The molecule has 0 aliphatic rings. The van der Waals surface area contributed by atoms with Gasteiger partial charge in [-0.3, -0.25) is 0 Å². The highest BCUT2D eigenvalue weighted by Crippen LogP contribution is 2.24. The topological polar surface area (TPSA) is 35.5 Å². The summed E-state index contributed by atoms with van der Waals surface area (Å²) < 4.78 is 1.09. The third-order valence-electron chi connectivity index (χ3n) is 2.74. The molecule has 3 nitrogen and oxygen atoms in total. The van der Waals surface area contributed by atoms with Crippen molar-refractivity contribution in [3.05, 3.63) is 28.2 Å². The third-order valence-corrected chi connectivity index (χ3v) is 3.47. The van der Waals surface area contributed by atoms with Gasteiger partial charge in [-0.15, -0.1) is 0 Å². The fourth-order valence-corrected chi connectivity index (χ4v) is 1.97. The number of hydrogen-bond donors (Lipinski definition) is 2. The normalized spacial score (nSPS) is 12.6. The molecular formula is C12H19BrN2O. The van der Waals surface area contributed by atoms with E-state index in [1.165, 1.54) is 5.56 Å². The van der Waals surface area contributed by atoms with Crippen LogP contribution in [0.3, 0.4) is 0 Å². The number of nitrogens with zero attached hydrogens (tertiary/aromatic N) is 1. The predicted molar refractivity (Wildman–Crippen MR) is 71.9 cm³/mol. The molecule has 1 rings (SSSR count). The zero-order chi connectivity index (χ0) is 12.1. The van der Waals surface area contributed by atoms with Gasteiger partial charge in [0.05, 0.1) is 6.61 Å². The van der Waals surface area contributed by atoms with Crippen molar-refractivity contribution in [2.24, 2.45) is 0 Å². The van der Waals surface area contributed by atoms with E-state index in [0.29, 0.717) is 0 Å². The lowest BCUT2D eigenvalue weighted by molar-refractivity contribution is 0.270. The minimum absolute atomic E-state index is 0.127. The molecule has 0 saturated carbocycles. The smallest absolute Gasteiger partial charge is 0.0632 e. The van der Waals surface area contributed by atoms with Gasteiger partial charge in [0.2, 0.25) is 0 Å². The van der Waals surface area contributed by atoms with Gasteiger partial charge >= 0.3 is 0 Å². The van der Waals surface area contributed by atoms with Gasteiger partial charge in [-0.2, -0.15) is 0 Å². The zero-order valence-electron chi connectivity index (χ0n) is 10.00. The lowest BCUT2D eigenvalue weighted by Gasteiger charge is -2.26. The highest BCUT2D eigenvalue weighted by atomic mass is 79.9. The number of halogens is 1. The van der Waals surface area contributed by atoms with Gasteiger partial charge in [-0.05, 0) is 31.7 Å². The quantitative estimate of drug-likeness (QED) is 0.869. The van der Waals surface area contributed by atoms with Crippen molar-refractivity contribution < 1.29 is 5.11 Å². The van der Waals surface area contributed by atoms with E-state index in [1.54, 1.807) is 0 Å². The van der Waals surface area contributed by atoms with E-state index in [2.05, 4.69) is 44.3 Å². The summed E-state index contributed by atoms with van der Waals surface area (Å²) in [5, 5.41) is 12.2. The first-order valence-electron chi connectivity index (χ1n) is 5.36. The Balaban J connectivity index is 2.87. The van der Waals surface area contributed by atoms with E-state index in [9.17, 15) is 0 Å². The number of benzene rings is 1. The van der Waals surface area contributed by atoms with Crippen molar-refractivity contribution in [1.82, 2.24) is 5.32 Å². The molecule has 1 unspecified atom stereocenters. The van der Waals surface area contributed by atoms with Crippen LogP contribution in [0, 0.1) is 0 Å². The molecule has 2 N–H and O–H groups in total. The molecule has 0 bridgehead atoms. The summed E-state index contributed by atoms with van der Waals surface area (Å²) in [5.74, 6) is 0. The molecule has 0 heterocycles. The van der Waals surface area contributed by atoms with E-state index in [1.807, 2.05) is 21.0 Å². The van der Waals surface area contributed by atoms with Gasteiger partial charge in [-0.25, -0.2) is 0 Å². The second-order valence-electron chi connectivity index (χ2n) is 3.95. The number of aliphatic hydroxyl groups excluding tert-OH is 1. The minimum atomic E-state index is 0.127. The molecular weight excluding hydrogens is 268 g/mol. The maximum Gasteiger partial charge on any atom is 0.0632 e. The predicted octanol–water partition coefficient (Wildman–Crippen LogP) is 1.99. The Morgan fingerprint density at radius 1 is 1.50 bits per heavy atom. The summed E-state index contributed by atoms with van der Waals surface area (Å²) in [5.41, 5.74) is 2.34. The highest BCUT2D eigenvalue weighted by Gasteiger charge is 2.10. The van der Waals surface area contributed by atoms with Crippen LogP contribution in [0.15, 0.2) is 22.7 Å². The van der Waals surface area contributed by atoms with Crippen LogP contribution in [-0.2, 0) is 6.54 Å². The highest BCUT2D eigenvalue weighted by molar-refractivity contribution is 9.10. The summed E-state index contributed by atoms with van der Waals surface area (Å²) in [4.78, 5) is 2.06. The van der Waals surface area contributed by atoms with E-state index in [4.69, 9.17) is 5.11 Å². The molecule has 16 heavy (non-hydrogen) atoms. The lowest BCUT2D eigenvalue weighted by atomic mass is 10.2. The van der Waals surface area contributed by atoms with Gasteiger partial charge in [-0.1, -0.05) is 22.0 Å². The Hall–Kier alpha value is -0.580. The molecule has 0 radical (unpaired) electrons. The molecule has 0 aliphatic heterocycles. The van der Waals surface area contributed by atoms with E-state index in [-0.39, 0.29) is 12.6 Å². The fraction of sp³-hybridized carbons (Fsp3) is 0.500. The van der Waals surface area contributed by atoms with Crippen LogP contribution in [0.4, 0.5) is 5.69 Å². The Morgan fingerprint density at radius 3 is 2.69 bits per heavy atom. The van der Waals surface area contributed by atoms with Crippen molar-refractivity contribution in [1.29, 1.82) is 0 Å². The Morgan fingerprint density at radius 2 is 2.19 bits per heavy atom. The molecule has 0 aromatic heterocycles. The molecule has 1 aromatic rings. The molecule has 1 atom stereocenters. The summed E-state index contributed by atoms with van der Waals surface area (Å²) >= 11 is 3.56. The Labute approximate surface area is 106 Å². The van der Waals surface area contributed by atoms with Crippen LogP contribution in [0.5, 0.6) is 0 Å². The van der Waals surface area contributed by atoms with Gasteiger partial charge < -0.3 is 15.3 Å². The van der Waals surface area contributed by atoms with Crippen LogP contribution in [-0.4, -0.2) is 31.9 Å². The summed E-state index contributed by atoms with van der Waals surface area (Å²) in [7, 11) is 3.92. The van der Waals surface area contributed by atoms with Crippen molar-refractivity contribution in [3.63, 3.8) is 0 Å². The van der Waals surface area contributed by atoms with Crippen molar-refractivity contribution in [2.75, 3.05) is 25.6 Å². The summed E-state index contributed by atoms with van der Waals surface area (Å²) in [6.45, 7) is 3.00. The van der Waals surface area contributed by atoms with Crippen molar-refractivity contribution in [2.45, 2.75) is 19.5 Å². The largest absolute Gasteiger partial charge is 0.394 e. The number of likely N-dealkylation sites (N-methyl/N-ethyl adjacent to an activating group) is 1. The zero-order valence-corrected chi connectivity index (χ0v) is 11.6. The molecule has 0 saturated heterocycles. The van der Waals surface area contributed by atoms with Crippen LogP contribution in [0.1, 0.15) is 12.5 Å². The van der Waals surface area contributed by atoms with Crippen molar-refractivity contribution >= 4 is 21.6 Å². The van der Waals surface area contributed by atoms with Gasteiger partial charge in [0.25, 0.3) is 0 Å². The van der Waals surface area contributed by atoms with Crippen LogP contribution in [0.2, 0.25) is 0 Å². The third kappa shape index (κ3) is 3.20. The van der Waals surface area contributed by atoms with Crippen LogP contribution < -0.4 is 10.2 Å². The molecule has 1 aromatic carbocycles. The maximum atomic E-state index is 9.11. The Kier molecular flexibility index (Phi) is 5.25. The number of rotatable bonds is 5. The van der Waals surface area contributed by atoms with Crippen LogP contribution >= 0.6 is 15.9 Å². The van der Waals surface area contributed by atoms with Crippen molar-refractivity contribution in [3.8, 4) is 0 Å². The molecule has 90 valence electrons. The van der Waals surface area contributed by atoms with Gasteiger partial charge in [0.1, 0.15) is 0 Å². The molecule has 0 amide bonds. The SMILES string of the molecule is CNCc1ccc(N(C)C(C)CO)cc1Br. The van der Waals surface area contributed by atoms with E-state index < -0.39 is 0 Å². The first kappa shape index (κ1) is 13.5. The average molecular weight is 287 g/mol. The maximum absolute atomic E-state index is 9.11. The summed E-state index contributed by atoms with van der Waals surface area (Å²) in [6, 6.07) is 6.38. The number of hydrogen-bond acceptors (Lipinski definition) is 3. The van der Waals surface area contributed by atoms with Crippen LogP contribution in [0.25, 0.3) is 0 Å². The molecule has 0 spiro atoms. The number of nitrogens with one attached hydrogen (secondary N) is 1. The first-order chi connectivity index (χ1) is 7.60. The molecule has 0 fully saturated rings. The van der Waals surface area contributed by atoms with E-state index >= 15 is 0 Å². The Bertz CT molecular complexity index is 344. The fourth-order valence-electron chi connectivity index (χ4n) is 1.47. The molecule has 4 heteroatoms.